The highest BCUT2D eigenvalue weighted by Gasteiger charge is 2.61. The van der Waals surface area contributed by atoms with E-state index in [9.17, 15) is 14.4 Å². The van der Waals surface area contributed by atoms with Gasteiger partial charge in [0.2, 0.25) is 0 Å². The Balaban J connectivity index is 1.41. The van der Waals surface area contributed by atoms with Crippen molar-refractivity contribution < 1.29 is 66.5 Å². The maximum atomic E-state index is 12.3. The number of hydrogen-bond donors (Lipinski definition) is 0. The van der Waals surface area contributed by atoms with Crippen LogP contribution in [0.4, 0.5) is 0 Å². The van der Waals surface area contributed by atoms with Crippen LogP contribution in [0.5, 0.6) is 0 Å². The highest BCUT2D eigenvalue weighted by Crippen LogP contribution is 2.44. The van der Waals surface area contributed by atoms with Crippen LogP contribution in [-0.2, 0) is 73.1 Å². The van der Waals surface area contributed by atoms with Crippen molar-refractivity contribution in [3.05, 3.63) is 35.9 Å². The van der Waals surface area contributed by atoms with E-state index in [0.717, 1.165) is 5.56 Å². The van der Waals surface area contributed by atoms with Crippen LogP contribution in [-0.4, -0.2) is 104 Å². The minimum Gasteiger partial charge on any atom is -0.463 e. The van der Waals surface area contributed by atoms with Gasteiger partial charge in [0.15, 0.2) is 36.4 Å². The van der Waals surface area contributed by atoms with Gasteiger partial charge in [0.25, 0.3) is 0 Å². The number of esters is 3. The Bertz CT molecular complexity index is 1200. The van der Waals surface area contributed by atoms with Gasteiger partial charge in [0.1, 0.15) is 43.2 Å². The van der Waals surface area contributed by atoms with E-state index in [4.69, 9.17) is 52.1 Å². The third-order valence-electron chi connectivity index (χ3n) is 7.61. The molecule has 0 spiro atoms. The monoisotopic (exact) mass is 638 g/mol. The lowest BCUT2D eigenvalue weighted by atomic mass is 9.97. The normalized spacial score (nSPS) is 36.4. The average Bonchev–Trinajstić information content (AvgIpc) is 3.45. The van der Waals surface area contributed by atoms with Crippen molar-refractivity contribution in [3.63, 3.8) is 0 Å². The summed E-state index contributed by atoms with van der Waals surface area (Å²) in [7, 11) is 0. The largest absolute Gasteiger partial charge is 0.463 e. The van der Waals surface area contributed by atoms with Crippen molar-refractivity contribution in [2.45, 2.75) is 128 Å². The van der Waals surface area contributed by atoms with Crippen molar-refractivity contribution in [1.82, 2.24) is 0 Å². The predicted molar refractivity (Wildman–Crippen MR) is 150 cm³/mol. The van der Waals surface area contributed by atoms with E-state index in [-0.39, 0.29) is 19.8 Å². The van der Waals surface area contributed by atoms with E-state index < -0.39 is 90.9 Å². The van der Waals surface area contributed by atoms with Crippen LogP contribution < -0.4 is 0 Å². The van der Waals surface area contributed by atoms with Crippen LogP contribution in [0.15, 0.2) is 30.3 Å². The second kappa shape index (κ2) is 13.6. The van der Waals surface area contributed by atoms with Gasteiger partial charge in [0, 0.05) is 20.8 Å². The highest BCUT2D eigenvalue weighted by atomic mass is 16.9. The summed E-state index contributed by atoms with van der Waals surface area (Å²) in [6.45, 7) is 10.5. The Hall–Kier alpha value is -2.69. The second-order valence-corrected chi connectivity index (χ2v) is 12.3. The summed E-state index contributed by atoms with van der Waals surface area (Å²) in [4.78, 5) is 36.2. The molecule has 14 heteroatoms. The van der Waals surface area contributed by atoms with Crippen LogP contribution >= 0.6 is 0 Å². The molecule has 0 unspecified atom stereocenters. The topological polar surface area (TPSA) is 153 Å². The quantitative estimate of drug-likeness (QED) is 0.272. The van der Waals surface area contributed by atoms with Gasteiger partial charge < -0.3 is 52.1 Å². The van der Waals surface area contributed by atoms with Crippen LogP contribution in [0, 0.1) is 0 Å². The van der Waals surface area contributed by atoms with Crippen molar-refractivity contribution in [1.29, 1.82) is 0 Å². The maximum absolute atomic E-state index is 12.3. The zero-order valence-corrected chi connectivity index (χ0v) is 26.5. The first-order chi connectivity index (χ1) is 21.2. The van der Waals surface area contributed by atoms with Crippen LogP contribution in [0.1, 0.15) is 54.0 Å². The molecule has 0 radical (unpaired) electrons. The standard InChI is InChI=1S/C31H42O14/c1-16(32)35-14-20-22(38-17(2)33)24(39-18(3)34)26(36-13-19-11-9-8-10-12-19)28(40-20)37-15-21-23-25(43-30(4,5)42-23)27-29(41-21)45-31(6,7)44-27/h8-12,20-29H,13-15H2,1-7H3/t20-,21-,22-,23+,24+,25+,26-,27-,28+,29-/m1/s1. The fourth-order valence-corrected chi connectivity index (χ4v) is 5.97. The first kappa shape index (κ1) is 33.7. The van der Waals surface area contributed by atoms with E-state index in [0.29, 0.717) is 0 Å². The second-order valence-electron chi connectivity index (χ2n) is 12.3. The smallest absolute Gasteiger partial charge is 0.303 e. The van der Waals surface area contributed by atoms with E-state index in [1.807, 2.05) is 30.3 Å². The van der Waals surface area contributed by atoms with Crippen molar-refractivity contribution in [2.75, 3.05) is 13.2 Å². The first-order valence-electron chi connectivity index (χ1n) is 15.0. The molecule has 0 bridgehead atoms. The zero-order valence-electron chi connectivity index (χ0n) is 26.5. The third-order valence-corrected chi connectivity index (χ3v) is 7.61. The molecule has 0 aliphatic carbocycles. The van der Waals surface area contributed by atoms with E-state index in [1.165, 1.54) is 20.8 Å². The van der Waals surface area contributed by atoms with Crippen LogP contribution in [0.2, 0.25) is 0 Å². The first-order valence-corrected chi connectivity index (χ1v) is 15.0. The number of ether oxygens (including phenoxy) is 11. The minimum absolute atomic E-state index is 0.0885. The molecule has 1 aromatic carbocycles. The molecule has 4 aliphatic heterocycles. The zero-order chi connectivity index (χ0) is 32.5. The SMILES string of the molecule is CC(=O)OC[C@H]1O[C@H](OC[C@H]2O[C@@H]3OC(C)(C)O[C@@H]3[C@H]3OC(C)(C)O[C@H]32)[C@H](OCc2ccccc2)[C@@H](OC(C)=O)[C@@H]1OC(C)=O. The number of benzene rings is 1. The van der Waals surface area contributed by atoms with Gasteiger partial charge >= 0.3 is 17.9 Å². The summed E-state index contributed by atoms with van der Waals surface area (Å²) in [5, 5.41) is 0. The van der Waals surface area contributed by atoms with Crippen LogP contribution in [0.3, 0.4) is 0 Å². The molecule has 4 heterocycles. The Kier molecular flexibility index (Phi) is 10.2. The van der Waals surface area contributed by atoms with Gasteiger partial charge in [-0.25, -0.2) is 0 Å². The minimum atomic E-state index is -1.20. The maximum Gasteiger partial charge on any atom is 0.303 e. The van der Waals surface area contributed by atoms with Crippen molar-refractivity contribution >= 4 is 17.9 Å². The Morgan fingerprint density at radius 3 is 1.96 bits per heavy atom. The average molecular weight is 639 g/mol. The Morgan fingerprint density at radius 1 is 0.667 bits per heavy atom. The molecule has 0 aromatic heterocycles. The van der Waals surface area contributed by atoms with Gasteiger partial charge in [-0.2, -0.15) is 0 Å². The molecule has 250 valence electrons. The molecule has 14 nitrogen and oxygen atoms in total. The van der Waals surface area contributed by atoms with Gasteiger partial charge in [-0.3, -0.25) is 14.4 Å². The summed E-state index contributed by atoms with van der Waals surface area (Å²) in [6.07, 6.45) is -8.77. The molecule has 0 amide bonds. The van der Waals surface area contributed by atoms with E-state index in [1.54, 1.807) is 27.7 Å². The molecule has 10 atom stereocenters. The molecular formula is C31H42O14. The fraction of sp³-hybridized carbons (Fsp3) is 0.710. The highest BCUT2D eigenvalue weighted by molar-refractivity contribution is 5.68. The fourth-order valence-electron chi connectivity index (χ4n) is 5.97. The van der Waals surface area contributed by atoms with Crippen LogP contribution in [0.25, 0.3) is 0 Å². The molecule has 4 saturated heterocycles. The molecule has 4 fully saturated rings. The number of rotatable bonds is 10. The third kappa shape index (κ3) is 8.19. The summed E-state index contributed by atoms with van der Waals surface area (Å²) in [5.74, 6) is -3.71. The number of hydrogen-bond acceptors (Lipinski definition) is 14. The molecule has 45 heavy (non-hydrogen) atoms. The van der Waals surface area contributed by atoms with Crippen molar-refractivity contribution in [2.24, 2.45) is 0 Å². The predicted octanol–water partition coefficient (Wildman–Crippen LogP) is 2.14. The van der Waals surface area contributed by atoms with Crippen molar-refractivity contribution in [3.8, 4) is 0 Å². The lowest BCUT2D eigenvalue weighted by Crippen LogP contribution is -2.63. The lowest BCUT2D eigenvalue weighted by molar-refractivity contribution is -0.326. The van der Waals surface area contributed by atoms with E-state index >= 15 is 0 Å². The summed E-state index contributed by atoms with van der Waals surface area (Å²) in [6, 6.07) is 9.31. The number of carbonyl (C=O) groups is 3. The number of fused-ring (bicyclic) bond motifs is 3. The molecule has 1 aromatic rings. The van der Waals surface area contributed by atoms with Gasteiger partial charge in [-0.1, -0.05) is 30.3 Å². The molecule has 0 N–H and O–H groups in total. The molecular weight excluding hydrogens is 596 g/mol. The summed E-state index contributed by atoms with van der Waals surface area (Å²) >= 11 is 0. The molecule has 5 rings (SSSR count). The van der Waals surface area contributed by atoms with Gasteiger partial charge in [0.05, 0.1) is 13.2 Å². The Morgan fingerprint density at radius 2 is 1.29 bits per heavy atom. The van der Waals surface area contributed by atoms with Gasteiger partial charge in [-0.05, 0) is 33.3 Å². The van der Waals surface area contributed by atoms with E-state index in [2.05, 4.69) is 0 Å². The Labute approximate surface area is 261 Å². The lowest BCUT2D eigenvalue weighted by Gasteiger charge is -2.45. The van der Waals surface area contributed by atoms with Gasteiger partial charge in [-0.15, -0.1) is 0 Å². The molecule has 0 saturated carbocycles. The summed E-state index contributed by atoms with van der Waals surface area (Å²) < 4.78 is 66.1. The number of carbonyl (C=O) groups excluding carboxylic acids is 3. The molecule has 4 aliphatic rings. The summed E-state index contributed by atoms with van der Waals surface area (Å²) in [5.41, 5.74) is 0.827.